The lowest BCUT2D eigenvalue weighted by Gasteiger charge is -2.10. The Labute approximate surface area is 130 Å². The minimum Gasteiger partial charge on any atom is -0.389 e. The molecule has 104 valence electrons. The smallest absolute Gasteiger partial charge is 0.257 e. The first-order valence-electron chi connectivity index (χ1n) is 5.80. The van der Waals surface area contributed by atoms with Gasteiger partial charge in [-0.05, 0) is 34.5 Å². The highest BCUT2D eigenvalue weighted by molar-refractivity contribution is 9.10. The second-order valence-electron chi connectivity index (χ2n) is 4.29. The molecule has 7 heteroatoms. The van der Waals surface area contributed by atoms with Gasteiger partial charge in [-0.25, -0.2) is 0 Å². The van der Waals surface area contributed by atoms with Crippen molar-refractivity contribution in [2.24, 2.45) is 12.8 Å². The highest BCUT2D eigenvalue weighted by Crippen LogP contribution is 2.23. The number of carbonyl (C=O) groups excluding carboxylic acids is 1. The van der Waals surface area contributed by atoms with E-state index in [-0.39, 0.29) is 10.9 Å². The average molecular weight is 353 g/mol. The number of hydrogen-bond donors (Lipinski definition) is 2. The number of amides is 1. The molecule has 2 rings (SSSR count). The van der Waals surface area contributed by atoms with Crippen LogP contribution < -0.4 is 11.1 Å². The normalized spacial score (nSPS) is 10.3. The Hall–Kier alpha value is -1.73. The van der Waals surface area contributed by atoms with Crippen molar-refractivity contribution >= 4 is 44.9 Å². The first-order valence-corrected chi connectivity index (χ1v) is 7.00. The molecule has 0 saturated carbocycles. The van der Waals surface area contributed by atoms with Crippen LogP contribution in [0.15, 0.2) is 28.9 Å². The fourth-order valence-corrected chi connectivity index (χ4v) is 2.36. The quantitative estimate of drug-likeness (QED) is 0.831. The molecular formula is C13H13BrN4OS. The highest BCUT2D eigenvalue weighted by atomic mass is 79.9. The molecule has 3 N–H and O–H groups in total. The lowest BCUT2D eigenvalue weighted by molar-refractivity contribution is 0.102. The molecule has 1 amide bonds. The molecule has 0 aliphatic carbocycles. The molecular weight excluding hydrogens is 340 g/mol. The summed E-state index contributed by atoms with van der Waals surface area (Å²) in [5, 5.41) is 6.84. The molecule has 0 radical (unpaired) electrons. The van der Waals surface area contributed by atoms with Crippen LogP contribution in [0.4, 0.5) is 5.82 Å². The van der Waals surface area contributed by atoms with Crippen LogP contribution in [0.2, 0.25) is 0 Å². The van der Waals surface area contributed by atoms with Gasteiger partial charge in [0.15, 0.2) is 0 Å². The molecule has 20 heavy (non-hydrogen) atoms. The van der Waals surface area contributed by atoms with Crippen molar-refractivity contribution in [1.29, 1.82) is 0 Å². The van der Waals surface area contributed by atoms with Gasteiger partial charge in [0.05, 0.1) is 17.3 Å². The molecule has 1 aromatic heterocycles. The summed E-state index contributed by atoms with van der Waals surface area (Å²) in [6, 6.07) is 5.49. The zero-order valence-electron chi connectivity index (χ0n) is 11.0. The SMILES string of the molecule is Cc1cccc(C(=O)Nc2c(C(N)=S)cnn2C)c1Br. The van der Waals surface area contributed by atoms with Crippen molar-refractivity contribution in [3.05, 3.63) is 45.6 Å². The number of halogens is 1. The summed E-state index contributed by atoms with van der Waals surface area (Å²) in [6.07, 6.45) is 1.53. The fourth-order valence-electron chi connectivity index (χ4n) is 1.76. The molecule has 1 aromatic carbocycles. The number of nitrogens with two attached hydrogens (primary N) is 1. The maximum absolute atomic E-state index is 12.3. The van der Waals surface area contributed by atoms with E-state index in [4.69, 9.17) is 18.0 Å². The van der Waals surface area contributed by atoms with Gasteiger partial charge in [0, 0.05) is 11.5 Å². The Balaban J connectivity index is 2.35. The Morgan fingerprint density at radius 3 is 2.80 bits per heavy atom. The summed E-state index contributed by atoms with van der Waals surface area (Å²) >= 11 is 8.36. The zero-order chi connectivity index (χ0) is 14.9. The monoisotopic (exact) mass is 352 g/mol. The van der Waals surface area contributed by atoms with Crippen LogP contribution >= 0.6 is 28.1 Å². The minimum atomic E-state index is -0.248. The summed E-state index contributed by atoms with van der Waals surface area (Å²) in [5.41, 5.74) is 7.68. The number of aryl methyl sites for hydroxylation is 2. The van der Waals surface area contributed by atoms with Crippen molar-refractivity contribution < 1.29 is 4.79 Å². The van der Waals surface area contributed by atoms with Crippen LogP contribution in [0.1, 0.15) is 21.5 Å². The molecule has 2 aromatic rings. The topological polar surface area (TPSA) is 72.9 Å². The molecule has 0 spiro atoms. The second-order valence-corrected chi connectivity index (χ2v) is 5.52. The molecule has 0 fully saturated rings. The number of hydrogen-bond acceptors (Lipinski definition) is 3. The van der Waals surface area contributed by atoms with Crippen molar-refractivity contribution in [3.8, 4) is 0 Å². The van der Waals surface area contributed by atoms with Crippen molar-refractivity contribution in [1.82, 2.24) is 9.78 Å². The third kappa shape index (κ3) is 2.73. The first kappa shape index (κ1) is 14.7. The van der Waals surface area contributed by atoms with E-state index in [0.29, 0.717) is 16.9 Å². The Kier molecular flexibility index (Phi) is 4.20. The lowest BCUT2D eigenvalue weighted by Crippen LogP contribution is -2.19. The predicted octanol–water partition coefficient (Wildman–Crippen LogP) is 2.38. The third-order valence-electron chi connectivity index (χ3n) is 2.87. The molecule has 0 aliphatic rings. The second kappa shape index (κ2) is 5.72. The van der Waals surface area contributed by atoms with E-state index < -0.39 is 0 Å². The number of aromatic nitrogens is 2. The van der Waals surface area contributed by atoms with E-state index in [9.17, 15) is 4.79 Å². The Morgan fingerprint density at radius 2 is 2.15 bits per heavy atom. The first-order chi connectivity index (χ1) is 9.41. The van der Waals surface area contributed by atoms with E-state index in [1.165, 1.54) is 10.9 Å². The van der Waals surface area contributed by atoms with Gasteiger partial charge in [0.1, 0.15) is 10.8 Å². The molecule has 0 atom stereocenters. The predicted molar refractivity (Wildman–Crippen MR) is 85.9 cm³/mol. The average Bonchev–Trinajstić information content (AvgIpc) is 2.74. The molecule has 0 bridgehead atoms. The molecule has 0 saturated heterocycles. The van der Waals surface area contributed by atoms with Crippen molar-refractivity contribution in [2.75, 3.05) is 5.32 Å². The van der Waals surface area contributed by atoms with Crippen LogP contribution in [0.25, 0.3) is 0 Å². The largest absolute Gasteiger partial charge is 0.389 e. The number of anilines is 1. The number of nitrogens with zero attached hydrogens (tertiary/aromatic N) is 2. The van der Waals surface area contributed by atoms with E-state index in [2.05, 4.69) is 26.3 Å². The maximum Gasteiger partial charge on any atom is 0.257 e. The van der Waals surface area contributed by atoms with Crippen LogP contribution in [-0.2, 0) is 7.05 Å². The fraction of sp³-hybridized carbons (Fsp3) is 0.154. The van der Waals surface area contributed by atoms with E-state index in [1.54, 1.807) is 13.1 Å². The summed E-state index contributed by atoms with van der Waals surface area (Å²) in [6.45, 7) is 1.92. The van der Waals surface area contributed by atoms with Crippen molar-refractivity contribution in [3.63, 3.8) is 0 Å². The minimum absolute atomic E-state index is 0.191. The molecule has 0 unspecified atom stereocenters. The summed E-state index contributed by atoms with van der Waals surface area (Å²) < 4.78 is 2.28. The highest BCUT2D eigenvalue weighted by Gasteiger charge is 2.17. The number of benzene rings is 1. The van der Waals surface area contributed by atoms with Gasteiger partial charge in [-0.15, -0.1) is 0 Å². The van der Waals surface area contributed by atoms with E-state index >= 15 is 0 Å². The number of carbonyl (C=O) groups is 1. The number of nitrogens with one attached hydrogen (secondary N) is 1. The van der Waals surface area contributed by atoms with Crippen LogP contribution in [0, 0.1) is 6.92 Å². The van der Waals surface area contributed by atoms with Crippen LogP contribution in [-0.4, -0.2) is 20.7 Å². The van der Waals surface area contributed by atoms with Gasteiger partial charge in [-0.2, -0.15) is 5.10 Å². The number of rotatable bonds is 3. The third-order valence-corrected chi connectivity index (χ3v) is 4.15. The van der Waals surface area contributed by atoms with Gasteiger partial charge in [-0.3, -0.25) is 9.48 Å². The van der Waals surface area contributed by atoms with Gasteiger partial charge < -0.3 is 11.1 Å². The lowest BCUT2D eigenvalue weighted by atomic mass is 10.1. The molecule has 1 heterocycles. The van der Waals surface area contributed by atoms with Gasteiger partial charge in [-0.1, -0.05) is 24.4 Å². The maximum atomic E-state index is 12.3. The van der Waals surface area contributed by atoms with Crippen LogP contribution in [0.3, 0.4) is 0 Å². The molecule has 0 aliphatic heterocycles. The summed E-state index contributed by atoms with van der Waals surface area (Å²) in [4.78, 5) is 12.5. The van der Waals surface area contributed by atoms with E-state index in [0.717, 1.165) is 10.0 Å². The zero-order valence-corrected chi connectivity index (χ0v) is 13.4. The standard InChI is InChI=1S/C13H13BrN4OS/c1-7-4-3-5-8(10(7)14)13(19)17-12-9(11(15)20)6-16-18(12)2/h3-6H,1-2H3,(H2,15,20)(H,17,19). The summed E-state index contributed by atoms with van der Waals surface area (Å²) in [7, 11) is 1.71. The van der Waals surface area contributed by atoms with Gasteiger partial charge in [0.25, 0.3) is 5.91 Å². The van der Waals surface area contributed by atoms with Gasteiger partial charge >= 0.3 is 0 Å². The van der Waals surface area contributed by atoms with Crippen molar-refractivity contribution in [2.45, 2.75) is 6.92 Å². The molecule has 5 nitrogen and oxygen atoms in total. The van der Waals surface area contributed by atoms with Gasteiger partial charge in [0.2, 0.25) is 0 Å². The Bertz CT molecular complexity index is 696. The van der Waals surface area contributed by atoms with E-state index in [1.807, 2.05) is 19.1 Å². The van der Waals surface area contributed by atoms with Crippen LogP contribution in [0.5, 0.6) is 0 Å². The number of thiocarbonyl (C=S) groups is 1. The summed E-state index contributed by atoms with van der Waals surface area (Å²) in [5.74, 6) is 0.234. The Morgan fingerprint density at radius 1 is 1.45 bits per heavy atom.